The zero-order chi connectivity index (χ0) is 23.4. The van der Waals surface area contributed by atoms with Crippen molar-refractivity contribution in [2.24, 2.45) is 0 Å². The highest BCUT2D eigenvalue weighted by Crippen LogP contribution is 2.24. The monoisotopic (exact) mass is 479 g/mol. The van der Waals surface area contributed by atoms with E-state index < -0.39 is 20.0 Å². The van der Waals surface area contributed by atoms with E-state index in [1.54, 1.807) is 42.5 Å². The predicted octanol–water partition coefficient (Wildman–Crippen LogP) is 2.68. The van der Waals surface area contributed by atoms with Crippen molar-refractivity contribution in [3.8, 4) is 0 Å². The Balaban J connectivity index is 1.63. The highest BCUT2D eigenvalue weighted by molar-refractivity contribution is 7.89. The van der Waals surface area contributed by atoms with Gasteiger partial charge in [-0.05, 0) is 49.1 Å². The van der Waals surface area contributed by atoms with Crippen LogP contribution in [-0.4, -0.2) is 58.5 Å². The van der Waals surface area contributed by atoms with Crippen molar-refractivity contribution in [2.75, 3.05) is 32.5 Å². The number of nitrogens with one attached hydrogen (secondary N) is 1. The largest absolute Gasteiger partial charge is 0.325 e. The fourth-order valence-electron chi connectivity index (χ4n) is 3.54. The van der Waals surface area contributed by atoms with E-state index in [-0.39, 0.29) is 27.8 Å². The number of nitrogens with zero attached hydrogens (tertiary/aromatic N) is 2. The van der Waals surface area contributed by atoms with Gasteiger partial charge in [0.2, 0.25) is 26.0 Å². The molecule has 0 spiro atoms. The van der Waals surface area contributed by atoms with E-state index in [9.17, 15) is 21.6 Å². The molecule has 8 nitrogen and oxygen atoms in total. The summed E-state index contributed by atoms with van der Waals surface area (Å²) in [6, 6.07) is 12.9. The molecule has 10 heteroatoms. The first-order chi connectivity index (χ1) is 15.1. The molecule has 32 heavy (non-hydrogen) atoms. The first kappa shape index (κ1) is 24.4. The smallest absolute Gasteiger partial charge is 0.244 e. The van der Waals surface area contributed by atoms with Gasteiger partial charge in [0.15, 0.2) is 0 Å². The minimum absolute atomic E-state index is 0.0330. The summed E-state index contributed by atoms with van der Waals surface area (Å²) in [5.41, 5.74) is 1.06. The highest BCUT2D eigenvalue weighted by Gasteiger charge is 2.26. The summed E-state index contributed by atoms with van der Waals surface area (Å²) in [5, 5.41) is 2.67. The summed E-state index contributed by atoms with van der Waals surface area (Å²) in [7, 11) is -4.31. The molecule has 0 unspecified atom stereocenters. The summed E-state index contributed by atoms with van der Waals surface area (Å²) in [5.74, 6) is -0.323. The average molecular weight is 480 g/mol. The van der Waals surface area contributed by atoms with E-state index in [0.717, 1.165) is 29.1 Å². The third kappa shape index (κ3) is 5.55. The lowest BCUT2D eigenvalue weighted by molar-refractivity contribution is -0.116. The molecule has 1 N–H and O–H groups in total. The quantitative estimate of drug-likeness (QED) is 0.627. The SMILES string of the molecule is CN(C)S(=O)(=O)c1ccccc1NC(=O)CCc1ccc(S(=O)(=O)N2CCCCC2)cc1. The Hall–Kier alpha value is -2.27. The highest BCUT2D eigenvalue weighted by atomic mass is 32.2. The Bertz CT molecular complexity index is 1150. The molecular formula is C22H29N3O5S2. The number of rotatable bonds is 8. The Morgan fingerprint density at radius 3 is 2.19 bits per heavy atom. The zero-order valence-electron chi connectivity index (χ0n) is 18.3. The summed E-state index contributed by atoms with van der Waals surface area (Å²) < 4.78 is 53.0. The van der Waals surface area contributed by atoms with Gasteiger partial charge in [0.25, 0.3) is 0 Å². The number of sulfonamides is 2. The van der Waals surface area contributed by atoms with E-state index in [0.29, 0.717) is 19.5 Å². The number of carbonyl (C=O) groups is 1. The van der Waals surface area contributed by atoms with Crippen LogP contribution in [-0.2, 0) is 31.3 Å². The van der Waals surface area contributed by atoms with Gasteiger partial charge in [-0.1, -0.05) is 30.7 Å². The van der Waals surface area contributed by atoms with E-state index in [1.165, 1.54) is 24.5 Å². The van der Waals surface area contributed by atoms with Crippen LogP contribution in [0.4, 0.5) is 5.69 Å². The number of anilines is 1. The van der Waals surface area contributed by atoms with Crippen LogP contribution < -0.4 is 5.32 Å². The fourth-order valence-corrected chi connectivity index (χ4v) is 6.10. The van der Waals surface area contributed by atoms with Crippen molar-refractivity contribution in [2.45, 2.75) is 41.9 Å². The van der Waals surface area contributed by atoms with Gasteiger partial charge in [-0.15, -0.1) is 0 Å². The average Bonchev–Trinajstić information content (AvgIpc) is 2.78. The van der Waals surface area contributed by atoms with Gasteiger partial charge >= 0.3 is 0 Å². The van der Waals surface area contributed by atoms with E-state index in [2.05, 4.69) is 5.32 Å². The first-order valence-electron chi connectivity index (χ1n) is 10.5. The zero-order valence-corrected chi connectivity index (χ0v) is 20.0. The van der Waals surface area contributed by atoms with E-state index in [4.69, 9.17) is 0 Å². The molecule has 2 aromatic carbocycles. The number of para-hydroxylation sites is 1. The molecule has 1 heterocycles. The van der Waals surface area contributed by atoms with Crippen molar-refractivity contribution in [1.82, 2.24) is 8.61 Å². The minimum atomic E-state index is -3.69. The Labute approximate surface area is 190 Å². The minimum Gasteiger partial charge on any atom is -0.325 e. The Morgan fingerprint density at radius 2 is 1.56 bits per heavy atom. The number of hydrogen-bond donors (Lipinski definition) is 1. The molecule has 0 aliphatic carbocycles. The van der Waals surface area contributed by atoms with Gasteiger partial charge < -0.3 is 5.32 Å². The van der Waals surface area contributed by atoms with E-state index in [1.807, 2.05) is 0 Å². The second kappa shape index (κ2) is 10.1. The van der Waals surface area contributed by atoms with Gasteiger partial charge in [-0.2, -0.15) is 4.31 Å². The standard InChI is InChI=1S/C22H29N3O5S2/c1-24(2)32(29,30)21-9-5-4-8-20(21)23-22(26)15-12-18-10-13-19(14-11-18)31(27,28)25-16-6-3-7-17-25/h4-5,8-11,13-14H,3,6-7,12,15-17H2,1-2H3,(H,23,26). The lowest BCUT2D eigenvalue weighted by Crippen LogP contribution is -2.35. The second-order valence-corrected chi connectivity index (χ2v) is 12.0. The molecule has 1 aliphatic heterocycles. The molecule has 174 valence electrons. The first-order valence-corrected chi connectivity index (χ1v) is 13.4. The van der Waals surface area contributed by atoms with Crippen LogP contribution in [0, 0.1) is 0 Å². The van der Waals surface area contributed by atoms with Crippen LogP contribution >= 0.6 is 0 Å². The van der Waals surface area contributed by atoms with Crippen molar-refractivity contribution < 1.29 is 21.6 Å². The van der Waals surface area contributed by atoms with Gasteiger partial charge in [-0.25, -0.2) is 21.1 Å². The summed E-state index contributed by atoms with van der Waals surface area (Å²) in [4.78, 5) is 12.7. The maximum absolute atomic E-state index is 12.7. The molecule has 1 saturated heterocycles. The van der Waals surface area contributed by atoms with Gasteiger partial charge in [0.1, 0.15) is 4.90 Å². The molecule has 2 aromatic rings. The maximum atomic E-state index is 12.7. The van der Waals surface area contributed by atoms with Crippen LogP contribution in [0.15, 0.2) is 58.3 Å². The third-order valence-corrected chi connectivity index (χ3v) is 9.22. The Kier molecular flexibility index (Phi) is 7.71. The Morgan fingerprint density at radius 1 is 0.938 bits per heavy atom. The summed E-state index contributed by atoms with van der Waals surface area (Å²) >= 11 is 0. The second-order valence-electron chi connectivity index (χ2n) is 7.94. The molecule has 1 fully saturated rings. The molecule has 1 aliphatic rings. The van der Waals surface area contributed by atoms with Gasteiger partial charge in [0.05, 0.1) is 10.6 Å². The van der Waals surface area contributed by atoms with Crippen LogP contribution in [0.2, 0.25) is 0 Å². The summed E-state index contributed by atoms with van der Waals surface area (Å²) in [6.45, 7) is 1.10. The van der Waals surface area contributed by atoms with Crippen molar-refractivity contribution in [1.29, 1.82) is 0 Å². The lowest BCUT2D eigenvalue weighted by atomic mass is 10.1. The predicted molar refractivity (Wildman–Crippen MR) is 123 cm³/mol. The molecule has 0 aromatic heterocycles. The van der Waals surface area contributed by atoms with E-state index >= 15 is 0 Å². The number of benzene rings is 2. The lowest BCUT2D eigenvalue weighted by Gasteiger charge is -2.25. The molecule has 1 amide bonds. The van der Waals surface area contributed by atoms with Crippen LogP contribution in [0.3, 0.4) is 0 Å². The number of aryl methyl sites for hydroxylation is 1. The third-order valence-electron chi connectivity index (χ3n) is 5.44. The topological polar surface area (TPSA) is 104 Å². The fraction of sp³-hybridized carbons (Fsp3) is 0.409. The van der Waals surface area contributed by atoms with Gasteiger partial charge in [0, 0.05) is 33.6 Å². The van der Waals surface area contributed by atoms with Crippen LogP contribution in [0.1, 0.15) is 31.2 Å². The van der Waals surface area contributed by atoms with Crippen molar-refractivity contribution >= 4 is 31.6 Å². The molecule has 0 bridgehead atoms. The summed E-state index contributed by atoms with van der Waals surface area (Å²) in [6.07, 6.45) is 3.35. The van der Waals surface area contributed by atoms with Crippen LogP contribution in [0.5, 0.6) is 0 Å². The van der Waals surface area contributed by atoms with Gasteiger partial charge in [-0.3, -0.25) is 4.79 Å². The maximum Gasteiger partial charge on any atom is 0.244 e. The van der Waals surface area contributed by atoms with Crippen molar-refractivity contribution in [3.63, 3.8) is 0 Å². The molecule has 0 radical (unpaired) electrons. The molecule has 0 atom stereocenters. The number of carbonyl (C=O) groups excluding carboxylic acids is 1. The molecule has 0 saturated carbocycles. The molecular weight excluding hydrogens is 450 g/mol. The normalized spacial score (nSPS) is 15.6. The number of amides is 1. The number of piperidine rings is 1. The number of hydrogen-bond acceptors (Lipinski definition) is 5. The van der Waals surface area contributed by atoms with Crippen LogP contribution in [0.25, 0.3) is 0 Å². The molecule has 3 rings (SSSR count). The van der Waals surface area contributed by atoms with Crippen molar-refractivity contribution in [3.05, 3.63) is 54.1 Å².